The second-order valence-corrected chi connectivity index (χ2v) is 11.6. The number of amidine groups is 1. The molecule has 7 nitrogen and oxygen atoms in total. The minimum Gasteiger partial charge on any atom is -0.406 e. The molecule has 0 bridgehead atoms. The average Bonchev–Trinajstić information content (AvgIpc) is 3.51. The molecule has 3 aromatic carbocycles. The summed E-state index contributed by atoms with van der Waals surface area (Å²) in [6.07, 6.45) is -2.30. The van der Waals surface area contributed by atoms with Gasteiger partial charge in [-0.25, -0.2) is 4.98 Å². The third-order valence-electron chi connectivity index (χ3n) is 7.39. The molecule has 0 spiro atoms. The average molecular weight is 604 g/mol. The molecule has 1 saturated heterocycles. The fourth-order valence-electron chi connectivity index (χ4n) is 5.52. The highest BCUT2D eigenvalue weighted by Gasteiger charge is 2.32. The van der Waals surface area contributed by atoms with Crippen LogP contribution in [0.15, 0.2) is 76.9 Å². The fraction of sp³-hybridized carbons (Fsp3) is 0.250. The summed E-state index contributed by atoms with van der Waals surface area (Å²) in [6, 6.07) is 19.8. The highest BCUT2D eigenvalue weighted by atomic mass is 32.2. The molecule has 3 heterocycles. The summed E-state index contributed by atoms with van der Waals surface area (Å²) in [5.41, 5.74) is 7.34. The predicted octanol–water partition coefficient (Wildman–Crippen LogP) is 7.57. The Balaban J connectivity index is 1.24. The van der Waals surface area contributed by atoms with Crippen molar-refractivity contribution >= 4 is 34.7 Å². The maximum absolute atomic E-state index is 12.8. The molecular formula is C32H28F3N5O2S. The molecule has 6 rings (SSSR count). The third-order valence-corrected chi connectivity index (χ3v) is 8.31. The van der Waals surface area contributed by atoms with E-state index in [0.717, 1.165) is 57.1 Å². The van der Waals surface area contributed by atoms with E-state index in [2.05, 4.69) is 39.4 Å². The molecular weight excluding hydrogens is 575 g/mol. The van der Waals surface area contributed by atoms with Crippen LogP contribution < -0.4 is 9.64 Å². The number of aromatic nitrogens is 2. The van der Waals surface area contributed by atoms with E-state index in [1.165, 1.54) is 23.9 Å². The van der Waals surface area contributed by atoms with Crippen LogP contribution >= 0.6 is 11.8 Å². The minimum absolute atomic E-state index is 0.0171. The zero-order valence-corrected chi connectivity index (χ0v) is 24.5. The van der Waals surface area contributed by atoms with Crippen LogP contribution in [-0.2, 0) is 17.8 Å². The van der Waals surface area contributed by atoms with Gasteiger partial charge < -0.3 is 9.30 Å². The lowest BCUT2D eigenvalue weighted by atomic mass is 9.98. The monoisotopic (exact) mass is 603 g/mol. The van der Waals surface area contributed by atoms with Gasteiger partial charge in [-0.2, -0.15) is 5.10 Å². The van der Waals surface area contributed by atoms with Crippen LogP contribution in [0.25, 0.3) is 22.6 Å². The highest BCUT2D eigenvalue weighted by Crippen LogP contribution is 2.37. The molecule has 0 radical (unpaired) electrons. The number of rotatable bonds is 6. The number of amides is 1. The number of thioether (sulfide) groups is 1. The third kappa shape index (κ3) is 5.81. The first-order valence-electron chi connectivity index (χ1n) is 13.8. The molecule has 0 N–H and O–H groups in total. The van der Waals surface area contributed by atoms with Crippen molar-refractivity contribution in [2.45, 2.75) is 46.0 Å². The molecule has 220 valence electrons. The van der Waals surface area contributed by atoms with Gasteiger partial charge >= 0.3 is 6.36 Å². The van der Waals surface area contributed by atoms with E-state index >= 15 is 0 Å². The van der Waals surface area contributed by atoms with Crippen LogP contribution in [0.2, 0.25) is 0 Å². The quantitative estimate of drug-likeness (QED) is 0.168. The number of aryl methyl sites for hydroxylation is 2. The Hall–Kier alpha value is -4.38. The van der Waals surface area contributed by atoms with Crippen molar-refractivity contribution in [2.75, 3.05) is 10.7 Å². The van der Waals surface area contributed by atoms with Crippen molar-refractivity contribution < 1.29 is 22.7 Å². The zero-order valence-electron chi connectivity index (χ0n) is 23.7. The Morgan fingerprint density at radius 3 is 2.58 bits per heavy atom. The van der Waals surface area contributed by atoms with Gasteiger partial charge in [0.15, 0.2) is 5.17 Å². The van der Waals surface area contributed by atoms with Crippen LogP contribution in [0.5, 0.6) is 5.75 Å². The number of halogens is 3. The van der Waals surface area contributed by atoms with E-state index in [1.54, 1.807) is 23.2 Å². The Morgan fingerprint density at radius 2 is 1.84 bits per heavy atom. The molecule has 0 atom stereocenters. The Kier molecular flexibility index (Phi) is 7.59. The molecule has 1 amide bonds. The fourth-order valence-corrected chi connectivity index (χ4v) is 6.34. The van der Waals surface area contributed by atoms with Gasteiger partial charge in [-0.3, -0.25) is 9.69 Å². The number of fused-ring (bicyclic) bond motifs is 3. The standard InChI is InChI=1S/C32H28F3N5O2S/c1-19(2)25-6-4-5-7-27(25)40-28(41)18-43-31(40)38-36-17-21-8-13-26-23(16-21)14-15-39-29(20(3)37-30(26)39)22-9-11-24(12-10-22)42-32(33,34)35/h4-13,16-17,19H,14-15,18H2,1-3H3/b36-17+,38-31-. The van der Waals surface area contributed by atoms with E-state index in [4.69, 9.17) is 4.98 Å². The number of carbonyl (C=O) groups excluding carboxylic acids is 1. The predicted molar refractivity (Wildman–Crippen MR) is 164 cm³/mol. The van der Waals surface area contributed by atoms with Crippen molar-refractivity contribution in [3.05, 3.63) is 89.1 Å². The van der Waals surface area contributed by atoms with Gasteiger partial charge in [0.2, 0.25) is 5.91 Å². The van der Waals surface area contributed by atoms with Gasteiger partial charge in [-0.05, 0) is 72.4 Å². The second kappa shape index (κ2) is 11.4. The van der Waals surface area contributed by atoms with Gasteiger partial charge in [-0.15, -0.1) is 18.3 Å². The summed E-state index contributed by atoms with van der Waals surface area (Å²) < 4.78 is 43.9. The molecule has 4 aromatic rings. The molecule has 11 heteroatoms. The van der Waals surface area contributed by atoms with Gasteiger partial charge in [0.25, 0.3) is 0 Å². The minimum atomic E-state index is -4.73. The Labute approximate surface area is 251 Å². The number of imidazole rings is 1. The SMILES string of the molecule is Cc1nc2n(c1-c1ccc(OC(F)(F)F)cc1)CCc1cc(/C=N/N=C3\SCC(=O)N3c3ccccc3C(C)C)ccc1-2. The smallest absolute Gasteiger partial charge is 0.406 e. The van der Waals surface area contributed by atoms with Crippen molar-refractivity contribution in [1.29, 1.82) is 0 Å². The lowest BCUT2D eigenvalue weighted by Gasteiger charge is -2.21. The zero-order chi connectivity index (χ0) is 30.3. The summed E-state index contributed by atoms with van der Waals surface area (Å²) >= 11 is 1.37. The molecule has 0 unspecified atom stereocenters. The molecule has 0 aliphatic carbocycles. The van der Waals surface area contributed by atoms with E-state index in [-0.39, 0.29) is 17.6 Å². The number of nitrogens with zero attached hydrogens (tertiary/aromatic N) is 5. The number of para-hydroxylation sites is 1. The Morgan fingerprint density at radius 1 is 1.07 bits per heavy atom. The number of hydrogen-bond acceptors (Lipinski definition) is 6. The van der Waals surface area contributed by atoms with E-state index in [9.17, 15) is 18.0 Å². The largest absolute Gasteiger partial charge is 0.573 e. The summed E-state index contributed by atoms with van der Waals surface area (Å²) in [6.45, 7) is 6.77. The molecule has 1 fully saturated rings. The maximum Gasteiger partial charge on any atom is 0.573 e. The van der Waals surface area contributed by atoms with Crippen LogP contribution in [0.4, 0.5) is 18.9 Å². The topological polar surface area (TPSA) is 72.1 Å². The first-order valence-corrected chi connectivity index (χ1v) is 14.8. The number of ether oxygens (including phenoxy) is 1. The summed E-state index contributed by atoms with van der Waals surface area (Å²) in [7, 11) is 0. The van der Waals surface area contributed by atoms with E-state index in [0.29, 0.717) is 17.5 Å². The second-order valence-electron chi connectivity index (χ2n) is 10.6. The number of carbonyl (C=O) groups is 1. The molecule has 43 heavy (non-hydrogen) atoms. The molecule has 2 aliphatic heterocycles. The van der Waals surface area contributed by atoms with Crippen LogP contribution in [-0.4, -0.2) is 39.0 Å². The van der Waals surface area contributed by atoms with Crippen LogP contribution in [0.1, 0.15) is 42.1 Å². The number of alkyl halides is 3. The lowest BCUT2D eigenvalue weighted by Crippen LogP contribution is -2.30. The van der Waals surface area contributed by atoms with Gasteiger partial charge in [0.1, 0.15) is 11.6 Å². The first-order chi connectivity index (χ1) is 20.6. The van der Waals surface area contributed by atoms with Crippen molar-refractivity contribution in [1.82, 2.24) is 9.55 Å². The number of hydrogen-bond donors (Lipinski definition) is 0. The van der Waals surface area contributed by atoms with Crippen molar-refractivity contribution in [3.8, 4) is 28.4 Å². The summed E-state index contributed by atoms with van der Waals surface area (Å²) in [5, 5.41) is 9.30. The molecule has 0 saturated carbocycles. The van der Waals surface area contributed by atoms with E-state index in [1.807, 2.05) is 43.3 Å². The molecule has 2 aliphatic rings. The lowest BCUT2D eigenvalue weighted by molar-refractivity contribution is -0.274. The van der Waals surface area contributed by atoms with Gasteiger partial charge in [-0.1, -0.05) is 55.9 Å². The molecule has 1 aromatic heterocycles. The van der Waals surface area contributed by atoms with Gasteiger partial charge in [0.05, 0.1) is 29.0 Å². The highest BCUT2D eigenvalue weighted by molar-refractivity contribution is 8.15. The maximum atomic E-state index is 12.8. The summed E-state index contributed by atoms with van der Waals surface area (Å²) in [4.78, 5) is 19.2. The Bertz CT molecular complexity index is 1760. The number of anilines is 1. The van der Waals surface area contributed by atoms with Gasteiger partial charge in [0, 0.05) is 17.7 Å². The van der Waals surface area contributed by atoms with Crippen LogP contribution in [0, 0.1) is 6.92 Å². The first kappa shape index (κ1) is 28.7. The van der Waals surface area contributed by atoms with Crippen LogP contribution in [0.3, 0.4) is 0 Å². The normalized spacial score (nSPS) is 15.9. The number of benzene rings is 3. The summed E-state index contributed by atoms with van der Waals surface area (Å²) in [5.74, 6) is 1.11. The van der Waals surface area contributed by atoms with Crippen molar-refractivity contribution in [3.63, 3.8) is 0 Å². The van der Waals surface area contributed by atoms with E-state index < -0.39 is 6.36 Å². The van der Waals surface area contributed by atoms with Crippen molar-refractivity contribution in [2.24, 2.45) is 10.2 Å².